The smallest absolute Gasteiger partial charge is 0.349 e. The number of aromatic hydroxyl groups is 1. The predicted octanol–water partition coefficient (Wildman–Crippen LogP) is 6.87. The number of aromatic nitrogens is 1. The average molecular weight is 842 g/mol. The van der Waals surface area contributed by atoms with Gasteiger partial charge in [-0.3, -0.25) is 14.5 Å². The minimum atomic E-state index is -1.82. The first-order chi connectivity index (χ1) is 27.6. The standard InChI is InChI=1S/C44H52N4O7S2Si/c1-42(2,3)58(5)27-48(25-34(50)30-14-16-33(49)39-31(30)15-17-37(51)46-39)24-28-10-12-29(13-11-28)45-38(52)19-21-47(4)26-43-20-18-32(43)40(43)55-41(53)44(54,35-8-6-22-56-35)36-9-7-23-57-36/h6-17,22-23,32,34,40,50,54H,18-21,24-27H2,1-5H3,(H2-,45,46,49,51,52)/p+1. The van der Waals surface area contributed by atoms with E-state index in [2.05, 4.69) is 47.4 Å². The average Bonchev–Trinajstić information content (AvgIpc) is 3.77. The van der Waals surface area contributed by atoms with Gasteiger partial charge in [0, 0.05) is 61.1 Å². The van der Waals surface area contributed by atoms with Crippen LogP contribution in [-0.2, 0) is 26.5 Å². The number of anilines is 1. The minimum absolute atomic E-state index is 0.0414. The lowest BCUT2D eigenvalue weighted by Gasteiger charge is -2.30. The molecule has 0 bridgehead atoms. The normalized spacial score (nSPS) is 19.5. The van der Waals surface area contributed by atoms with Gasteiger partial charge >= 0.3 is 14.8 Å². The summed E-state index contributed by atoms with van der Waals surface area (Å²) < 4.78 is 6.08. The van der Waals surface area contributed by atoms with Gasteiger partial charge in [0.25, 0.3) is 0 Å². The molecule has 3 heterocycles. The number of hydrogen-bond donors (Lipinski definition) is 5. The maximum Gasteiger partial charge on any atom is 0.349 e. The monoisotopic (exact) mass is 841 g/mol. The van der Waals surface area contributed by atoms with Crippen LogP contribution in [0.5, 0.6) is 5.75 Å². The second-order valence-corrected chi connectivity index (χ2v) is 22.4. The van der Waals surface area contributed by atoms with Crippen molar-refractivity contribution in [2.75, 3.05) is 38.2 Å². The summed E-state index contributed by atoms with van der Waals surface area (Å²) in [6, 6.07) is 21.3. The molecule has 5 N–H and O–H groups in total. The lowest BCUT2D eigenvalue weighted by atomic mass is 9.84. The summed E-state index contributed by atoms with van der Waals surface area (Å²) in [5.74, 6) is -0.495. The first-order valence-corrected chi connectivity index (χ1v) is 23.7. The summed E-state index contributed by atoms with van der Waals surface area (Å²) in [7, 11) is 1.15. The van der Waals surface area contributed by atoms with Gasteiger partial charge in [0.15, 0.2) is 0 Å². The second-order valence-electron chi connectivity index (χ2n) is 17.1. The van der Waals surface area contributed by atoms with Crippen molar-refractivity contribution in [2.45, 2.75) is 76.0 Å². The fourth-order valence-electron chi connectivity index (χ4n) is 8.19. The van der Waals surface area contributed by atoms with Gasteiger partial charge in [-0.05, 0) is 98.9 Å². The molecule has 2 saturated carbocycles. The van der Waals surface area contributed by atoms with Crippen LogP contribution in [0.4, 0.5) is 5.69 Å². The molecule has 0 radical (unpaired) electrons. The van der Waals surface area contributed by atoms with Crippen molar-refractivity contribution in [2.24, 2.45) is 11.3 Å². The number of aliphatic hydroxyl groups excluding tert-OH is 1. The summed E-state index contributed by atoms with van der Waals surface area (Å²) in [6.07, 6.45) is 1.95. The minimum Gasteiger partial charge on any atom is -0.506 e. The van der Waals surface area contributed by atoms with Crippen LogP contribution in [0.2, 0.25) is 11.6 Å². The molecule has 58 heavy (non-hydrogen) atoms. The Kier molecular flexibility index (Phi) is 12.2. The maximum absolute atomic E-state index is 13.6. The summed E-state index contributed by atoms with van der Waals surface area (Å²) in [4.78, 5) is 46.8. The van der Waals surface area contributed by atoms with Crippen LogP contribution in [0, 0.1) is 11.3 Å². The van der Waals surface area contributed by atoms with Crippen molar-refractivity contribution in [1.29, 1.82) is 0 Å². The number of aromatic amines is 1. The molecule has 4 unspecified atom stereocenters. The molecule has 2 aromatic carbocycles. The third kappa shape index (κ3) is 8.74. The Morgan fingerprint density at radius 1 is 1.03 bits per heavy atom. The summed E-state index contributed by atoms with van der Waals surface area (Å²) in [6.45, 7) is 11.3. The van der Waals surface area contributed by atoms with E-state index in [0.29, 0.717) is 64.5 Å². The Balaban J connectivity index is 0.921. The zero-order valence-electron chi connectivity index (χ0n) is 33.7. The fourth-order valence-corrected chi connectivity index (χ4v) is 11.3. The molecule has 2 fully saturated rings. The molecule has 5 aromatic rings. The molecule has 7 rings (SSSR count). The first kappa shape index (κ1) is 42.0. The number of fused-ring (bicyclic) bond motifs is 2. The van der Waals surface area contributed by atoms with Crippen LogP contribution in [0.15, 0.2) is 88.4 Å². The van der Waals surface area contributed by atoms with Crippen LogP contribution in [0.25, 0.3) is 10.9 Å². The number of H-pyrrole nitrogens is 1. The van der Waals surface area contributed by atoms with Crippen molar-refractivity contribution in [3.8, 4) is 5.75 Å². The quantitative estimate of drug-likeness (QED) is 0.0498. The molecule has 0 spiro atoms. The van der Waals surface area contributed by atoms with E-state index < -0.39 is 26.5 Å². The summed E-state index contributed by atoms with van der Waals surface area (Å²) in [5, 5.41) is 41.1. The van der Waals surface area contributed by atoms with Gasteiger partial charge in [0.1, 0.15) is 18.0 Å². The zero-order chi connectivity index (χ0) is 41.4. The molecular formula is C44H53N4O7S2Si+. The number of amides is 1. The highest BCUT2D eigenvalue weighted by Crippen LogP contribution is 2.69. The fraction of sp³-hybridized carbons (Fsp3) is 0.432. The highest BCUT2D eigenvalue weighted by Gasteiger charge is 2.73. The topological polar surface area (TPSA) is 155 Å². The van der Waals surface area contributed by atoms with Gasteiger partial charge in [-0.1, -0.05) is 30.3 Å². The van der Waals surface area contributed by atoms with Gasteiger partial charge in [-0.2, -0.15) is 0 Å². The number of aliphatic hydroxyl groups is 2. The van der Waals surface area contributed by atoms with E-state index in [1.807, 2.05) is 54.2 Å². The largest absolute Gasteiger partial charge is 0.506 e. The van der Waals surface area contributed by atoms with Crippen molar-refractivity contribution >= 4 is 59.9 Å². The molecule has 0 saturated heterocycles. The number of phenols is 1. The highest BCUT2D eigenvalue weighted by molar-refractivity contribution is 7.12. The first-order valence-electron chi connectivity index (χ1n) is 19.8. The molecular weight excluding hydrogens is 789 g/mol. The van der Waals surface area contributed by atoms with E-state index in [1.54, 1.807) is 24.3 Å². The Bertz CT molecular complexity index is 2240. The third-order valence-corrected chi connectivity index (χ3v) is 17.6. The van der Waals surface area contributed by atoms with Crippen molar-refractivity contribution in [3.63, 3.8) is 0 Å². The number of pyridine rings is 1. The number of carbonyl (C=O) groups excluding carboxylic acids is 2. The lowest BCUT2D eigenvalue weighted by molar-refractivity contribution is -0.164. The Morgan fingerprint density at radius 2 is 1.72 bits per heavy atom. The van der Waals surface area contributed by atoms with E-state index in [-0.39, 0.29) is 39.7 Å². The van der Waals surface area contributed by atoms with E-state index in [0.717, 1.165) is 24.6 Å². The summed E-state index contributed by atoms with van der Waals surface area (Å²) in [5.41, 5.74) is 0.417. The number of nitrogens with one attached hydrogen (secondary N) is 2. The van der Waals surface area contributed by atoms with Crippen molar-refractivity contribution < 1.29 is 29.6 Å². The SMILES string of the molecule is CN(CCC(=O)Nc1ccc(CN(CC(O)c2ccc(O)c3[nH]c(=O)ccc23)C[Si+](C)C(C)(C)C)cc1)CC12CCC1C2OC(=O)C(O)(c1cccs1)c1cccs1. The Labute approximate surface area is 348 Å². The number of benzene rings is 2. The van der Waals surface area contributed by atoms with Crippen LogP contribution >= 0.6 is 22.7 Å². The van der Waals surface area contributed by atoms with Crippen LogP contribution in [-0.4, -0.2) is 89.7 Å². The molecule has 11 nitrogen and oxygen atoms in total. The molecule has 306 valence electrons. The number of thiophene rings is 2. The number of esters is 1. The van der Waals surface area contributed by atoms with Gasteiger partial charge in [-0.25, -0.2) is 4.79 Å². The van der Waals surface area contributed by atoms with Gasteiger partial charge in [0.2, 0.25) is 17.1 Å². The zero-order valence-corrected chi connectivity index (χ0v) is 36.3. The van der Waals surface area contributed by atoms with Gasteiger partial charge in [-0.15, -0.1) is 22.7 Å². The van der Waals surface area contributed by atoms with Crippen LogP contribution < -0.4 is 10.9 Å². The highest BCUT2D eigenvalue weighted by atomic mass is 32.1. The number of ether oxygens (including phenoxy) is 1. The molecule has 1 amide bonds. The Morgan fingerprint density at radius 3 is 2.33 bits per heavy atom. The van der Waals surface area contributed by atoms with Gasteiger partial charge in [0.05, 0.1) is 33.0 Å². The van der Waals surface area contributed by atoms with Crippen molar-refractivity contribution in [3.05, 3.63) is 115 Å². The number of rotatable bonds is 17. The van der Waals surface area contributed by atoms with Gasteiger partial charge < -0.3 is 35.3 Å². The second kappa shape index (κ2) is 16.8. The molecule has 4 atom stereocenters. The van der Waals surface area contributed by atoms with Crippen LogP contribution in [0.3, 0.4) is 0 Å². The van der Waals surface area contributed by atoms with E-state index in [4.69, 9.17) is 4.74 Å². The molecule has 14 heteroatoms. The van der Waals surface area contributed by atoms with Crippen molar-refractivity contribution in [1.82, 2.24) is 14.8 Å². The number of hydrogen-bond acceptors (Lipinski definition) is 11. The molecule has 2 aliphatic carbocycles. The maximum atomic E-state index is 13.6. The van der Waals surface area contributed by atoms with E-state index >= 15 is 0 Å². The number of nitrogens with zero attached hydrogens (tertiary/aromatic N) is 2. The third-order valence-electron chi connectivity index (χ3n) is 12.1. The number of phenolic OH excluding ortho intramolecular Hbond substituents is 1. The predicted molar refractivity (Wildman–Crippen MR) is 232 cm³/mol. The molecule has 3 aromatic heterocycles. The van der Waals surface area contributed by atoms with E-state index in [9.17, 15) is 29.7 Å². The number of carbonyl (C=O) groups is 2. The lowest BCUT2D eigenvalue weighted by Crippen LogP contribution is -2.40. The molecule has 2 aliphatic rings. The van der Waals surface area contributed by atoms with E-state index in [1.165, 1.54) is 34.8 Å². The molecule has 0 aliphatic heterocycles. The summed E-state index contributed by atoms with van der Waals surface area (Å²) >= 11 is 2.67. The Hall–Kier alpha value is -4.15. The van der Waals surface area contributed by atoms with Crippen LogP contribution in [0.1, 0.15) is 67.0 Å².